The summed E-state index contributed by atoms with van der Waals surface area (Å²) in [7, 11) is 0. The van der Waals surface area contributed by atoms with Crippen molar-refractivity contribution in [2.45, 2.75) is 26.4 Å². The van der Waals surface area contributed by atoms with Gasteiger partial charge in [0.2, 0.25) is 0 Å². The zero-order valence-corrected chi connectivity index (χ0v) is 12.7. The second-order valence-corrected chi connectivity index (χ2v) is 5.52. The zero-order chi connectivity index (χ0) is 15.2. The molecule has 0 fully saturated rings. The lowest BCUT2D eigenvalue weighted by Crippen LogP contribution is -2.39. The second-order valence-electron chi connectivity index (χ2n) is 4.52. The van der Waals surface area contributed by atoms with Gasteiger partial charge in [-0.05, 0) is 12.5 Å². The van der Waals surface area contributed by atoms with Gasteiger partial charge in [0.1, 0.15) is 0 Å². The highest BCUT2D eigenvalue weighted by Gasteiger charge is 2.07. The number of nitrogens with zero attached hydrogens (tertiary/aromatic N) is 2. The van der Waals surface area contributed by atoms with Crippen LogP contribution in [-0.4, -0.2) is 15.7 Å². The van der Waals surface area contributed by atoms with Gasteiger partial charge in [0.15, 0.2) is 0 Å². The Hall–Kier alpha value is -2.10. The Kier molecular flexibility index (Phi) is 5.14. The lowest BCUT2D eigenvalue weighted by molar-refractivity contribution is 0.573. The van der Waals surface area contributed by atoms with Crippen LogP contribution in [0.4, 0.5) is 0 Å². The molecule has 2 aromatic rings. The van der Waals surface area contributed by atoms with Crippen molar-refractivity contribution in [2.24, 2.45) is 5.73 Å². The van der Waals surface area contributed by atoms with Crippen molar-refractivity contribution in [1.82, 2.24) is 9.13 Å². The first-order chi connectivity index (χ1) is 10.2. The number of rotatable bonds is 4. The topological polar surface area (TPSA) is 70.0 Å². The summed E-state index contributed by atoms with van der Waals surface area (Å²) in [4.78, 5) is 25.1. The molecule has 0 amide bonds. The quantitative estimate of drug-likeness (QED) is 0.851. The average molecular weight is 303 g/mol. The number of hydrogen-bond donors (Lipinski definition) is 1. The third-order valence-corrected chi connectivity index (χ3v) is 3.83. The van der Waals surface area contributed by atoms with E-state index < -0.39 is 0 Å². The van der Waals surface area contributed by atoms with Gasteiger partial charge in [-0.15, -0.1) is 11.3 Å². The van der Waals surface area contributed by atoms with Crippen LogP contribution in [0.3, 0.4) is 0 Å². The standard InChI is InChI=1S/C15H17N3O2S/c1-2-7-17-8-5-14(19)18(15(17)20)10-13-9-12(11-21-13)4-3-6-16/h5,8-9,11H,2,6-7,10,16H2,1H3. The summed E-state index contributed by atoms with van der Waals surface area (Å²) in [5.41, 5.74) is 5.64. The van der Waals surface area contributed by atoms with Crippen LogP contribution in [0.5, 0.6) is 0 Å². The second kappa shape index (κ2) is 7.07. The average Bonchev–Trinajstić information content (AvgIpc) is 2.92. The minimum Gasteiger partial charge on any atom is -0.320 e. The lowest BCUT2D eigenvalue weighted by Gasteiger charge is -2.07. The molecule has 0 bridgehead atoms. The van der Waals surface area contributed by atoms with Crippen LogP contribution >= 0.6 is 11.3 Å². The fourth-order valence-corrected chi connectivity index (χ4v) is 2.76. The van der Waals surface area contributed by atoms with E-state index in [0.717, 1.165) is 16.9 Å². The molecule has 2 heterocycles. The summed E-state index contributed by atoms with van der Waals surface area (Å²) >= 11 is 1.48. The number of hydrogen-bond acceptors (Lipinski definition) is 4. The number of thiophene rings is 1. The van der Waals surface area contributed by atoms with Gasteiger partial charge in [-0.1, -0.05) is 18.8 Å². The molecule has 2 N–H and O–H groups in total. The summed E-state index contributed by atoms with van der Waals surface area (Å²) in [6.07, 6.45) is 2.40. The van der Waals surface area contributed by atoms with E-state index in [1.54, 1.807) is 10.8 Å². The maximum atomic E-state index is 12.2. The summed E-state index contributed by atoms with van der Waals surface area (Å²) in [6.45, 7) is 3.18. The van der Waals surface area contributed by atoms with Gasteiger partial charge in [0.05, 0.1) is 13.1 Å². The molecule has 2 aromatic heterocycles. The molecule has 0 unspecified atom stereocenters. The van der Waals surface area contributed by atoms with E-state index in [1.165, 1.54) is 22.0 Å². The molecule has 0 spiro atoms. The van der Waals surface area contributed by atoms with Crippen molar-refractivity contribution in [2.75, 3.05) is 6.54 Å². The van der Waals surface area contributed by atoms with Gasteiger partial charge in [-0.2, -0.15) is 0 Å². The molecule has 0 aromatic carbocycles. The minimum absolute atomic E-state index is 0.271. The first kappa shape index (κ1) is 15.3. The highest BCUT2D eigenvalue weighted by atomic mass is 32.1. The highest BCUT2D eigenvalue weighted by molar-refractivity contribution is 7.10. The van der Waals surface area contributed by atoms with Crippen LogP contribution < -0.4 is 17.0 Å². The maximum Gasteiger partial charge on any atom is 0.331 e. The van der Waals surface area contributed by atoms with Gasteiger partial charge in [0, 0.05) is 34.6 Å². The van der Waals surface area contributed by atoms with Gasteiger partial charge < -0.3 is 10.3 Å². The fraction of sp³-hybridized carbons (Fsp3) is 0.333. The molecule has 0 aliphatic heterocycles. The first-order valence-corrected chi connectivity index (χ1v) is 7.60. The molecule has 2 rings (SSSR count). The normalized spacial score (nSPS) is 10.2. The maximum absolute atomic E-state index is 12.2. The Balaban J connectivity index is 2.31. The van der Waals surface area contributed by atoms with Crippen molar-refractivity contribution in [1.29, 1.82) is 0 Å². The first-order valence-electron chi connectivity index (χ1n) is 6.72. The Bertz CT molecular complexity index is 789. The largest absolute Gasteiger partial charge is 0.331 e. The zero-order valence-electron chi connectivity index (χ0n) is 11.8. The van der Waals surface area contributed by atoms with Crippen molar-refractivity contribution >= 4 is 11.3 Å². The van der Waals surface area contributed by atoms with Crippen molar-refractivity contribution < 1.29 is 0 Å². The van der Waals surface area contributed by atoms with E-state index in [-0.39, 0.29) is 17.8 Å². The van der Waals surface area contributed by atoms with Gasteiger partial charge in [-0.25, -0.2) is 4.79 Å². The van der Waals surface area contributed by atoms with Crippen LogP contribution in [0.2, 0.25) is 0 Å². The highest BCUT2D eigenvalue weighted by Crippen LogP contribution is 2.14. The van der Waals surface area contributed by atoms with Crippen LogP contribution in [0, 0.1) is 11.8 Å². The van der Waals surface area contributed by atoms with Crippen LogP contribution in [0.15, 0.2) is 33.3 Å². The lowest BCUT2D eigenvalue weighted by atomic mass is 10.3. The fourth-order valence-electron chi connectivity index (χ4n) is 1.95. The van der Waals surface area contributed by atoms with E-state index in [1.807, 2.05) is 18.4 Å². The summed E-state index contributed by atoms with van der Waals surface area (Å²) < 4.78 is 2.81. The number of aryl methyl sites for hydroxylation is 1. The molecule has 0 aliphatic rings. The van der Waals surface area contributed by atoms with E-state index >= 15 is 0 Å². The molecular weight excluding hydrogens is 286 g/mol. The number of nitrogens with two attached hydrogens (primary N) is 1. The van der Waals surface area contributed by atoms with E-state index in [0.29, 0.717) is 13.1 Å². The third-order valence-electron chi connectivity index (χ3n) is 2.91. The molecule has 21 heavy (non-hydrogen) atoms. The molecule has 0 atom stereocenters. The third kappa shape index (κ3) is 3.72. The predicted octanol–water partition coefficient (Wildman–Crippen LogP) is 0.840. The van der Waals surface area contributed by atoms with Crippen LogP contribution in [-0.2, 0) is 13.1 Å². The van der Waals surface area contributed by atoms with E-state index in [9.17, 15) is 9.59 Å². The molecule has 5 nitrogen and oxygen atoms in total. The van der Waals surface area contributed by atoms with Crippen molar-refractivity contribution in [3.05, 3.63) is 55.0 Å². The minimum atomic E-state index is -0.282. The molecular formula is C15H17N3O2S. The predicted molar refractivity (Wildman–Crippen MR) is 84.6 cm³/mol. The SMILES string of the molecule is CCCn1ccc(=O)n(Cc2cc(C#CCN)cs2)c1=O. The Labute approximate surface area is 126 Å². The molecule has 0 saturated carbocycles. The Morgan fingerprint density at radius 2 is 2.19 bits per heavy atom. The Morgan fingerprint density at radius 1 is 1.38 bits per heavy atom. The van der Waals surface area contributed by atoms with Gasteiger partial charge >= 0.3 is 5.69 Å². The molecule has 0 aliphatic carbocycles. The van der Waals surface area contributed by atoms with Crippen LogP contribution in [0.25, 0.3) is 0 Å². The smallest absolute Gasteiger partial charge is 0.320 e. The van der Waals surface area contributed by atoms with E-state index in [2.05, 4.69) is 11.8 Å². The molecule has 0 saturated heterocycles. The van der Waals surface area contributed by atoms with Gasteiger partial charge in [-0.3, -0.25) is 9.36 Å². The molecule has 110 valence electrons. The molecule has 0 radical (unpaired) electrons. The van der Waals surface area contributed by atoms with Crippen LogP contribution in [0.1, 0.15) is 23.8 Å². The summed E-state index contributed by atoms with van der Waals surface area (Å²) in [5.74, 6) is 5.72. The monoisotopic (exact) mass is 303 g/mol. The molecule has 6 heteroatoms. The summed E-state index contributed by atoms with van der Waals surface area (Å²) in [6, 6.07) is 3.32. The van der Waals surface area contributed by atoms with Crippen molar-refractivity contribution in [3.63, 3.8) is 0 Å². The summed E-state index contributed by atoms with van der Waals surface area (Å²) in [5, 5.41) is 1.90. The van der Waals surface area contributed by atoms with Crippen molar-refractivity contribution in [3.8, 4) is 11.8 Å². The number of aromatic nitrogens is 2. The van der Waals surface area contributed by atoms with Gasteiger partial charge in [0.25, 0.3) is 5.56 Å². The van der Waals surface area contributed by atoms with E-state index in [4.69, 9.17) is 5.73 Å². The Morgan fingerprint density at radius 3 is 2.90 bits per heavy atom.